The van der Waals surface area contributed by atoms with Crippen LogP contribution in [0.2, 0.25) is 0 Å². The predicted octanol–water partition coefficient (Wildman–Crippen LogP) is 1.45. The Morgan fingerprint density at radius 2 is 2.33 bits per heavy atom. The number of carbonyl (C=O) groups is 2. The lowest BCUT2D eigenvalue weighted by Gasteiger charge is -2.36. The highest BCUT2D eigenvalue weighted by atomic mass is 16.5. The Morgan fingerprint density at radius 1 is 1.43 bits per heavy atom. The molecule has 2 fully saturated rings. The second-order valence-electron chi connectivity index (χ2n) is 5.50. The van der Waals surface area contributed by atoms with E-state index in [2.05, 4.69) is 4.98 Å². The molecule has 0 saturated carbocycles. The molecule has 3 rings (SSSR count). The molecule has 2 aliphatic heterocycles. The number of piperidine rings is 1. The summed E-state index contributed by atoms with van der Waals surface area (Å²) in [7, 11) is 0. The molecule has 5 heteroatoms. The molecule has 2 aliphatic rings. The molecule has 5 nitrogen and oxygen atoms in total. The van der Waals surface area contributed by atoms with Crippen molar-refractivity contribution in [2.24, 2.45) is 0 Å². The lowest BCUT2D eigenvalue weighted by Crippen LogP contribution is -2.53. The van der Waals surface area contributed by atoms with Crippen molar-refractivity contribution in [2.45, 2.75) is 24.9 Å². The SMILES string of the molecule is O=C(/C=C/c1cccnc1)N1CC[C@]2(CCCO2)C(=O)C1. The first-order valence-electron chi connectivity index (χ1n) is 7.24. The topological polar surface area (TPSA) is 59.5 Å². The molecule has 1 aromatic rings. The molecule has 0 radical (unpaired) electrons. The quantitative estimate of drug-likeness (QED) is 0.772. The standard InChI is InChI=1S/C16H18N2O3/c19-14-12-18(9-7-16(14)6-2-10-21-16)15(20)5-4-13-3-1-8-17-11-13/h1,3-5,8,11H,2,6-7,9-10,12H2/b5-4+/t16-/m1/s1. The Morgan fingerprint density at radius 3 is 3.00 bits per heavy atom. The predicted molar refractivity (Wildman–Crippen MR) is 77.4 cm³/mol. The summed E-state index contributed by atoms with van der Waals surface area (Å²) in [6.07, 6.45) is 8.92. The summed E-state index contributed by atoms with van der Waals surface area (Å²) < 4.78 is 5.64. The Balaban J connectivity index is 1.62. The Bertz CT molecular complexity index is 562. The molecule has 1 aromatic heterocycles. The fraction of sp³-hybridized carbons (Fsp3) is 0.438. The van der Waals surface area contributed by atoms with Gasteiger partial charge in [0.25, 0.3) is 0 Å². The smallest absolute Gasteiger partial charge is 0.246 e. The third-order valence-electron chi connectivity index (χ3n) is 4.15. The van der Waals surface area contributed by atoms with E-state index in [1.54, 1.807) is 23.4 Å². The summed E-state index contributed by atoms with van der Waals surface area (Å²) in [5, 5.41) is 0. The van der Waals surface area contributed by atoms with Crippen molar-refractivity contribution in [3.63, 3.8) is 0 Å². The van der Waals surface area contributed by atoms with Crippen LogP contribution in [-0.2, 0) is 14.3 Å². The van der Waals surface area contributed by atoms with Gasteiger partial charge in [-0.15, -0.1) is 0 Å². The number of hydrogen-bond donors (Lipinski definition) is 0. The van der Waals surface area contributed by atoms with Crippen LogP contribution in [-0.4, -0.2) is 46.9 Å². The number of nitrogens with zero attached hydrogens (tertiary/aromatic N) is 2. The minimum absolute atomic E-state index is 0.0365. The van der Waals surface area contributed by atoms with Gasteiger partial charge in [0.1, 0.15) is 5.60 Å². The average Bonchev–Trinajstić information content (AvgIpc) is 2.99. The van der Waals surface area contributed by atoms with Crippen molar-refractivity contribution in [2.75, 3.05) is 19.7 Å². The molecule has 0 N–H and O–H groups in total. The number of Topliss-reactive ketones (excluding diaryl/α,β-unsaturated/α-hetero) is 1. The molecular weight excluding hydrogens is 268 g/mol. The van der Waals surface area contributed by atoms with Gasteiger partial charge in [-0.2, -0.15) is 0 Å². The van der Waals surface area contributed by atoms with E-state index < -0.39 is 5.60 Å². The van der Waals surface area contributed by atoms with Crippen LogP contribution >= 0.6 is 0 Å². The van der Waals surface area contributed by atoms with Gasteiger partial charge in [-0.1, -0.05) is 6.07 Å². The molecule has 0 aliphatic carbocycles. The van der Waals surface area contributed by atoms with Crippen molar-refractivity contribution in [1.29, 1.82) is 0 Å². The third-order valence-corrected chi connectivity index (χ3v) is 4.15. The van der Waals surface area contributed by atoms with Gasteiger partial charge in [0.05, 0.1) is 6.54 Å². The lowest BCUT2D eigenvalue weighted by atomic mass is 9.87. The first kappa shape index (κ1) is 13.9. The summed E-state index contributed by atoms with van der Waals surface area (Å²) in [5.41, 5.74) is 0.258. The average molecular weight is 286 g/mol. The van der Waals surface area contributed by atoms with Gasteiger partial charge < -0.3 is 9.64 Å². The van der Waals surface area contributed by atoms with Crippen LogP contribution < -0.4 is 0 Å². The van der Waals surface area contributed by atoms with Crippen LogP contribution in [0.3, 0.4) is 0 Å². The summed E-state index contributed by atoms with van der Waals surface area (Å²) in [5.74, 6) is -0.102. The summed E-state index contributed by atoms with van der Waals surface area (Å²) in [4.78, 5) is 30.0. The van der Waals surface area contributed by atoms with E-state index in [1.807, 2.05) is 12.1 Å². The van der Waals surface area contributed by atoms with E-state index in [4.69, 9.17) is 4.74 Å². The zero-order valence-corrected chi connectivity index (χ0v) is 11.8. The second-order valence-corrected chi connectivity index (χ2v) is 5.50. The van der Waals surface area contributed by atoms with Crippen LogP contribution in [0.5, 0.6) is 0 Å². The van der Waals surface area contributed by atoms with Crippen LogP contribution in [0.4, 0.5) is 0 Å². The molecule has 2 saturated heterocycles. The third kappa shape index (κ3) is 2.88. The summed E-state index contributed by atoms with van der Waals surface area (Å²) >= 11 is 0. The second kappa shape index (κ2) is 5.77. The van der Waals surface area contributed by atoms with Crippen LogP contribution in [0.1, 0.15) is 24.8 Å². The number of rotatable bonds is 2. The molecule has 0 bridgehead atoms. The van der Waals surface area contributed by atoms with Gasteiger partial charge in [0.15, 0.2) is 5.78 Å². The number of ketones is 1. The molecule has 110 valence electrons. The molecule has 0 unspecified atom stereocenters. The number of hydrogen-bond acceptors (Lipinski definition) is 4. The summed E-state index contributed by atoms with van der Waals surface area (Å²) in [6, 6.07) is 3.69. The highest BCUT2D eigenvalue weighted by molar-refractivity contribution is 5.98. The van der Waals surface area contributed by atoms with Crippen LogP contribution in [0.25, 0.3) is 6.08 Å². The van der Waals surface area contributed by atoms with Gasteiger partial charge >= 0.3 is 0 Å². The molecule has 1 spiro atoms. The largest absolute Gasteiger partial charge is 0.367 e. The molecule has 1 atom stereocenters. The zero-order chi connectivity index (χ0) is 14.7. The highest BCUT2D eigenvalue weighted by Gasteiger charge is 2.46. The van der Waals surface area contributed by atoms with Gasteiger partial charge in [-0.3, -0.25) is 14.6 Å². The first-order chi connectivity index (χ1) is 10.2. The zero-order valence-electron chi connectivity index (χ0n) is 11.8. The van der Waals surface area contributed by atoms with Gasteiger partial charge in [0.2, 0.25) is 5.91 Å². The number of ether oxygens (including phenoxy) is 1. The van der Waals surface area contributed by atoms with Crippen molar-refractivity contribution >= 4 is 17.8 Å². The molecular formula is C16H18N2O3. The number of likely N-dealkylation sites (tertiary alicyclic amines) is 1. The minimum Gasteiger partial charge on any atom is -0.367 e. The lowest BCUT2D eigenvalue weighted by molar-refractivity contribution is -0.151. The molecule has 0 aromatic carbocycles. The number of aromatic nitrogens is 1. The van der Waals surface area contributed by atoms with Gasteiger partial charge in [0, 0.05) is 38.0 Å². The first-order valence-corrected chi connectivity index (χ1v) is 7.24. The van der Waals surface area contributed by atoms with Crippen LogP contribution in [0.15, 0.2) is 30.6 Å². The Hall–Kier alpha value is -2.01. The van der Waals surface area contributed by atoms with Gasteiger partial charge in [-0.25, -0.2) is 0 Å². The molecule has 21 heavy (non-hydrogen) atoms. The summed E-state index contributed by atoms with van der Waals surface area (Å²) in [6.45, 7) is 1.37. The molecule has 1 amide bonds. The maximum Gasteiger partial charge on any atom is 0.246 e. The Kier molecular flexibility index (Phi) is 3.84. The minimum atomic E-state index is -0.607. The normalized spacial score (nSPS) is 25.9. The maximum absolute atomic E-state index is 12.3. The van der Waals surface area contributed by atoms with Crippen LogP contribution in [0, 0.1) is 0 Å². The van der Waals surface area contributed by atoms with E-state index in [0.717, 1.165) is 18.4 Å². The van der Waals surface area contributed by atoms with E-state index in [9.17, 15) is 9.59 Å². The Labute approximate surface area is 123 Å². The van der Waals surface area contributed by atoms with Crippen molar-refractivity contribution < 1.29 is 14.3 Å². The fourth-order valence-corrected chi connectivity index (χ4v) is 2.90. The maximum atomic E-state index is 12.3. The number of pyridine rings is 1. The van der Waals surface area contributed by atoms with E-state index in [-0.39, 0.29) is 18.2 Å². The molecule has 3 heterocycles. The van der Waals surface area contributed by atoms with Crippen molar-refractivity contribution in [1.82, 2.24) is 9.88 Å². The fourth-order valence-electron chi connectivity index (χ4n) is 2.90. The van der Waals surface area contributed by atoms with Gasteiger partial charge in [-0.05, 0) is 30.5 Å². The number of carbonyl (C=O) groups excluding carboxylic acids is 2. The van der Waals surface area contributed by atoms with E-state index in [1.165, 1.54) is 6.08 Å². The highest BCUT2D eigenvalue weighted by Crippen LogP contribution is 2.33. The van der Waals surface area contributed by atoms with E-state index in [0.29, 0.717) is 19.6 Å². The van der Waals surface area contributed by atoms with Crippen molar-refractivity contribution in [3.05, 3.63) is 36.2 Å². The van der Waals surface area contributed by atoms with E-state index >= 15 is 0 Å². The van der Waals surface area contributed by atoms with Crippen molar-refractivity contribution in [3.8, 4) is 0 Å². The monoisotopic (exact) mass is 286 g/mol. The number of amides is 1.